The number of hydrogen-bond donors (Lipinski definition) is 2. The molecule has 0 aromatic heterocycles. The second kappa shape index (κ2) is 7.58. The van der Waals surface area contributed by atoms with Gasteiger partial charge in [-0.15, -0.1) is 0 Å². The van der Waals surface area contributed by atoms with Crippen molar-refractivity contribution in [3.05, 3.63) is 82.2 Å². The van der Waals surface area contributed by atoms with Crippen molar-refractivity contribution in [1.29, 1.82) is 0 Å². The Labute approximate surface area is 155 Å². The molecule has 0 atom stereocenters. The summed E-state index contributed by atoms with van der Waals surface area (Å²) < 4.78 is 13.8. The SMILES string of the molecule is Cc1c(CC(=O)O)cc2ccc(F)cc2c1CCc1cccc(C(=O)O)c1. The van der Waals surface area contributed by atoms with E-state index in [1.54, 1.807) is 24.3 Å². The summed E-state index contributed by atoms with van der Waals surface area (Å²) in [6.07, 6.45) is 1.03. The van der Waals surface area contributed by atoms with Crippen LogP contribution >= 0.6 is 0 Å². The largest absolute Gasteiger partial charge is 0.481 e. The average Bonchev–Trinajstić information content (AvgIpc) is 2.62. The van der Waals surface area contributed by atoms with Crippen molar-refractivity contribution in [2.75, 3.05) is 0 Å². The van der Waals surface area contributed by atoms with Crippen LogP contribution in [-0.2, 0) is 24.1 Å². The predicted octanol–water partition coefficient (Wildman–Crippen LogP) is 4.40. The van der Waals surface area contributed by atoms with Crippen LogP contribution in [0.25, 0.3) is 10.8 Å². The van der Waals surface area contributed by atoms with E-state index in [2.05, 4.69) is 0 Å². The zero-order valence-corrected chi connectivity index (χ0v) is 14.8. The molecule has 0 radical (unpaired) electrons. The zero-order chi connectivity index (χ0) is 19.6. The molecule has 4 nitrogen and oxygen atoms in total. The lowest BCUT2D eigenvalue weighted by atomic mass is 9.90. The lowest BCUT2D eigenvalue weighted by Gasteiger charge is -2.15. The molecule has 2 N–H and O–H groups in total. The fraction of sp³-hybridized carbons (Fsp3) is 0.182. The molecule has 3 rings (SSSR count). The highest BCUT2D eigenvalue weighted by Gasteiger charge is 2.14. The summed E-state index contributed by atoms with van der Waals surface area (Å²) in [7, 11) is 0. The number of hydrogen-bond acceptors (Lipinski definition) is 2. The molecule has 3 aromatic rings. The molecule has 0 heterocycles. The van der Waals surface area contributed by atoms with Crippen LogP contribution in [0.4, 0.5) is 4.39 Å². The number of benzene rings is 3. The minimum atomic E-state index is -0.982. The topological polar surface area (TPSA) is 74.6 Å². The first-order valence-corrected chi connectivity index (χ1v) is 8.60. The first kappa shape index (κ1) is 18.6. The molecule has 0 aliphatic rings. The Kier molecular flexibility index (Phi) is 5.21. The van der Waals surface area contributed by atoms with Crippen LogP contribution in [-0.4, -0.2) is 22.2 Å². The third-order valence-corrected chi connectivity index (χ3v) is 4.78. The summed E-state index contributed by atoms with van der Waals surface area (Å²) in [5.74, 6) is -2.24. The van der Waals surface area contributed by atoms with E-state index in [4.69, 9.17) is 5.11 Å². The fourth-order valence-corrected chi connectivity index (χ4v) is 3.41. The van der Waals surface area contributed by atoms with Gasteiger partial charge in [-0.25, -0.2) is 9.18 Å². The number of aliphatic carboxylic acids is 1. The van der Waals surface area contributed by atoms with E-state index in [0.29, 0.717) is 18.4 Å². The van der Waals surface area contributed by atoms with Crippen molar-refractivity contribution >= 4 is 22.7 Å². The third-order valence-electron chi connectivity index (χ3n) is 4.78. The van der Waals surface area contributed by atoms with Gasteiger partial charge >= 0.3 is 11.9 Å². The number of rotatable bonds is 6. The summed E-state index contributed by atoms with van der Waals surface area (Å²) in [5, 5.41) is 19.9. The van der Waals surface area contributed by atoms with Gasteiger partial charge in [-0.2, -0.15) is 0 Å². The predicted molar refractivity (Wildman–Crippen MR) is 101 cm³/mol. The molecule has 3 aromatic carbocycles. The van der Waals surface area contributed by atoms with Crippen LogP contribution < -0.4 is 0 Å². The van der Waals surface area contributed by atoms with Crippen LogP contribution in [0.5, 0.6) is 0 Å². The summed E-state index contributed by atoms with van der Waals surface area (Å²) in [5.41, 5.74) is 3.52. The Morgan fingerprint density at radius 2 is 1.78 bits per heavy atom. The zero-order valence-electron chi connectivity index (χ0n) is 14.8. The number of fused-ring (bicyclic) bond motifs is 1. The van der Waals surface area contributed by atoms with Crippen molar-refractivity contribution < 1.29 is 24.2 Å². The Morgan fingerprint density at radius 3 is 2.48 bits per heavy atom. The summed E-state index contributed by atoms with van der Waals surface area (Å²) in [6.45, 7) is 1.85. The summed E-state index contributed by atoms with van der Waals surface area (Å²) >= 11 is 0. The first-order chi connectivity index (χ1) is 12.8. The third kappa shape index (κ3) is 4.14. The Bertz CT molecular complexity index is 1040. The molecule has 5 heteroatoms. The Balaban J connectivity index is 2.02. The molecule has 0 saturated carbocycles. The lowest BCUT2D eigenvalue weighted by molar-refractivity contribution is -0.136. The van der Waals surface area contributed by atoms with E-state index in [9.17, 15) is 19.1 Å². The van der Waals surface area contributed by atoms with Crippen LogP contribution in [0.1, 0.15) is 32.6 Å². The number of halogens is 1. The van der Waals surface area contributed by atoms with Gasteiger partial charge in [0, 0.05) is 0 Å². The van der Waals surface area contributed by atoms with Gasteiger partial charge in [0.25, 0.3) is 0 Å². The van der Waals surface area contributed by atoms with Crippen molar-refractivity contribution in [2.45, 2.75) is 26.2 Å². The van der Waals surface area contributed by atoms with Gasteiger partial charge in [-0.3, -0.25) is 4.79 Å². The van der Waals surface area contributed by atoms with Gasteiger partial charge in [0.2, 0.25) is 0 Å². The van der Waals surface area contributed by atoms with E-state index in [0.717, 1.165) is 27.5 Å². The van der Waals surface area contributed by atoms with E-state index in [1.165, 1.54) is 18.2 Å². The number of aromatic carboxylic acids is 1. The Hall–Kier alpha value is -3.21. The van der Waals surface area contributed by atoms with Crippen LogP contribution in [0.2, 0.25) is 0 Å². The maximum absolute atomic E-state index is 13.8. The summed E-state index contributed by atoms with van der Waals surface area (Å²) in [4.78, 5) is 22.3. The van der Waals surface area contributed by atoms with Gasteiger partial charge in [-0.05, 0) is 77.1 Å². The standard InChI is InChI=1S/C22H19FO4/c1-13-17(11-21(24)25)10-15-6-7-18(23)12-20(15)19(13)8-5-14-3-2-4-16(9-14)22(26)27/h2-4,6-7,9-10,12H,5,8,11H2,1H3,(H,24,25)(H,26,27). The average molecular weight is 366 g/mol. The van der Waals surface area contributed by atoms with Crippen LogP contribution in [0.15, 0.2) is 48.5 Å². The fourth-order valence-electron chi connectivity index (χ4n) is 3.41. The van der Waals surface area contributed by atoms with E-state index >= 15 is 0 Å². The molecule has 138 valence electrons. The molecule has 0 aliphatic carbocycles. The molecule has 0 spiro atoms. The van der Waals surface area contributed by atoms with Crippen molar-refractivity contribution in [3.63, 3.8) is 0 Å². The van der Waals surface area contributed by atoms with Gasteiger partial charge in [-0.1, -0.05) is 24.3 Å². The van der Waals surface area contributed by atoms with Crippen LogP contribution in [0.3, 0.4) is 0 Å². The number of carbonyl (C=O) groups is 2. The molecule has 0 bridgehead atoms. The minimum Gasteiger partial charge on any atom is -0.481 e. The van der Waals surface area contributed by atoms with Crippen LogP contribution in [0, 0.1) is 12.7 Å². The molecule has 0 unspecified atom stereocenters. The smallest absolute Gasteiger partial charge is 0.335 e. The normalized spacial score (nSPS) is 10.9. The second-order valence-corrected chi connectivity index (χ2v) is 6.58. The molecule has 0 amide bonds. The quantitative estimate of drug-likeness (QED) is 0.678. The Morgan fingerprint density at radius 1 is 1.00 bits per heavy atom. The highest BCUT2D eigenvalue weighted by molar-refractivity contribution is 5.89. The number of aryl methyl sites for hydroxylation is 2. The van der Waals surface area contributed by atoms with Gasteiger partial charge in [0.1, 0.15) is 5.82 Å². The van der Waals surface area contributed by atoms with E-state index < -0.39 is 11.9 Å². The van der Waals surface area contributed by atoms with Gasteiger partial charge in [0.05, 0.1) is 12.0 Å². The molecule has 0 saturated heterocycles. The van der Waals surface area contributed by atoms with E-state index in [1.807, 2.05) is 13.0 Å². The molecular weight excluding hydrogens is 347 g/mol. The summed E-state index contributed by atoms with van der Waals surface area (Å²) in [6, 6.07) is 13.0. The van der Waals surface area contributed by atoms with Crippen molar-refractivity contribution in [3.8, 4) is 0 Å². The lowest BCUT2D eigenvalue weighted by Crippen LogP contribution is -2.06. The first-order valence-electron chi connectivity index (χ1n) is 8.60. The van der Waals surface area contributed by atoms with Gasteiger partial charge in [0.15, 0.2) is 0 Å². The molecular formula is C22H19FO4. The minimum absolute atomic E-state index is 0.0966. The highest BCUT2D eigenvalue weighted by atomic mass is 19.1. The van der Waals surface area contributed by atoms with Crippen molar-refractivity contribution in [2.24, 2.45) is 0 Å². The highest BCUT2D eigenvalue weighted by Crippen LogP contribution is 2.28. The molecule has 27 heavy (non-hydrogen) atoms. The maximum atomic E-state index is 13.8. The number of carboxylic acid groups (broad SMARTS) is 2. The monoisotopic (exact) mass is 366 g/mol. The van der Waals surface area contributed by atoms with E-state index in [-0.39, 0.29) is 17.8 Å². The molecule has 0 fully saturated rings. The maximum Gasteiger partial charge on any atom is 0.335 e. The second-order valence-electron chi connectivity index (χ2n) is 6.58. The van der Waals surface area contributed by atoms with Crippen molar-refractivity contribution in [1.82, 2.24) is 0 Å². The number of carboxylic acids is 2. The van der Waals surface area contributed by atoms with Gasteiger partial charge < -0.3 is 10.2 Å². The molecule has 0 aliphatic heterocycles.